The Balaban J connectivity index is 2.44. The Bertz CT molecular complexity index is 243. The van der Waals surface area contributed by atoms with E-state index in [4.69, 9.17) is 0 Å². The summed E-state index contributed by atoms with van der Waals surface area (Å²) in [6.45, 7) is 0. The number of anilines is 3. The van der Waals surface area contributed by atoms with E-state index in [9.17, 15) is 0 Å². The molecule has 0 saturated carbocycles. The average Bonchev–Trinajstić information content (AvgIpc) is 2.64. The third-order valence-corrected chi connectivity index (χ3v) is 1.52. The number of fused-ring (bicyclic) bond motifs is 1. The van der Waals surface area contributed by atoms with Crippen molar-refractivity contribution in [3.8, 4) is 0 Å². The number of hydrogen-bond donors (Lipinski definition) is 2. The van der Waals surface area contributed by atoms with E-state index < -0.39 is 0 Å². The van der Waals surface area contributed by atoms with Gasteiger partial charge in [-0.2, -0.15) is 0 Å². The van der Waals surface area contributed by atoms with Gasteiger partial charge >= 0.3 is 0 Å². The van der Waals surface area contributed by atoms with Crippen molar-refractivity contribution in [2.45, 2.75) is 0 Å². The van der Waals surface area contributed by atoms with E-state index in [0.717, 1.165) is 0 Å². The number of rotatable bonds is 1. The van der Waals surface area contributed by atoms with E-state index >= 15 is 0 Å². The fourth-order valence-corrected chi connectivity index (χ4v) is 0.891. The summed E-state index contributed by atoms with van der Waals surface area (Å²) in [7, 11) is 1.92. The molecule has 0 atom stereocenters. The van der Waals surface area contributed by atoms with Crippen molar-refractivity contribution in [1.82, 2.24) is 0 Å². The van der Waals surface area contributed by atoms with Crippen LogP contribution in [0.1, 0.15) is 0 Å². The Hall–Kier alpha value is -1.18. The van der Waals surface area contributed by atoms with Gasteiger partial charge in [-0.25, -0.2) is 0 Å². The van der Waals surface area contributed by atoms with Crippen LogP contribution in [0.15, 0.2) is 18.2 Å². The molecule has 1 aromatic rings. The first-order valence-corrected chi connectivity index (χ1v) is 2.99. The molecule has 2 N–H and O–H groups in total. The molecule has 1 heterocycles. The summed E-state index contributed by atoms with van der Waals surface area (Å²) in [5.41, 5.74) is 3.68. The van der Waals surface area contributed by atoms with E-state index in [0.29, 0.717) is 0 Å². The fourth-order valence-electron chi connectivity index (χ4n) is 0.891. The molecule has 0 fully saturated rings. The van der Waals surface area contributed by atoms with Gasteiger partial charge in [0.05, 0.1) is 11.4 Å². The molecular weight excluding hydrogens is 112 g/mol. The van der Waals surface area contributed by atoms with Crippen LogP contribution in [0.4, 0.5) is 17.1 Å². The molecule has 9 heavy (non-hydrogen) atoms. The van der Waals surface area contributed by atoms with Crippen LogP contribution < -0.4 is 10.6 Å². The van der Waals surface area contributed by atoms with Crippen LogP contribution in [-0.4, -0.2) is 7.05 Å². The van der Waals surface area contributed by atoms with Gasteiger partial charge in [-0.3, -0.25) is 0 Å². The van der Waals surface area contributed by atoms with Crippen LogP contribution in [0.2, 0.25) is 0 Å². The Morgan fingerprint density at radius 3 is 2.89 bits per heavy atom. The molecule has 46 valence electrons. The lowest BCUT2D eigenvalue weighted by Crippen LogP contribution is -1.83. The minimum Gasteiger partial charge on any atom is -0.388 e. The molecule has 0 radical (unpaired) electrons. The number of hydrogen-bond acceptors (Lipinski definition) is 2. The average molecular weight is 120 g/mol. The molecule has 0 aliphatic carbocycles. The molecule has 2 rings (SSSR count). The summed E-state index contributed by atoms with van der Waals surface area (Å²) in [6, 6.07) is 6.22. The van der Waals surface area contributed by atoms with Gasteiger partial charge in [0.2, 0.25) is 0 Å². The van der Waals surface area contributed by atoms with Gasteiger partial charge in [0.1, 0.15) is 0 Å². The second kappa shape index (κ2) is 1.41. The molecule has 2 heteroatoms. The Labute approximate surface area is 53.9 Å². The van der Waals surface area contributed by atoms with E-state index in [1.54, 1.807) is 0 Å². The zero-order valence-corrected chi connectivity index (χ0v) is 5.23. The molecule has 0 bridgehead atoms. The molecular formula is C7H8N2. The first-order valence-electron chi connectivity index (χ1n) is 2.99. The van der Waals surface area contributed by atoms with Crippen LogP contribution in [0.25, 0.3) is 0 Å². The summed E-state index contributed by atoms with van der Waals surface area (Å²) in [6.07, 6.45) is 0. The van der Waals surface area contributed by atoms with E-state index in [-0.39, 0.29) is 0 Å². The predicted molar refractivity (Wildman–Crippen MR) is 39.3 cm³/mol. The van der Waals surface area contributed by atoms with E-state index in [2.05, 4.69) is 28.8 Å². The summed E-state index contributed by atoms with van der Waals surface area (Å²) >= 11 is 0. The minimum atomic E-state index is 1.17. The standard InChI is InChI=1S/C7H8N2/c1-8-5-2-3-6-7(4-5)9-6/h2-4,8-9H,1H3. The van der Waals surface area contributed by atoms with Crippen molar-refractivity contribution in [2.24, 2.45) is 0 Å². The SMILES string of the molecule is CNc1ccc2c(c1)N2. The second-order valence-corrected chi connectivity index (χ2v) is 2.14. The van der Waals surface area contributed by atoms with Crippen LogP contribution in [0.3, 0.4) is 0 Å². The third-order valence-electron chi connectivity index (χ3n) is 1.52. The zero-order valence-electron chi connectivity index (χ0n) is 5.23. The van der Waals surface area contributed by atoms with E-state index in [1.165, 1.54) is 17.1 Å². The maximum atomic E-state index is 3.12. The van der Waals surface area contributed by atoms with Gasteiger partial charge < -0.3 is 10.6 Å². The number of benzene rings is 1. The lowest BCUT2D eigenvalue weighted by atomic mass is 10.3. The van der Waals surface area contributed by atoms with Crippen LogP contribution in [0, 0.1) is 0 Å². The maximum absolute atomic E-state index is 3.12. The Kier molecular flexibility index (Phi) is 0.730. The molecule has 0 unspecified atom stereocenters. The molecule has 1 aliphatic rings. The first-order chi connectivity index (χ1) is 4.40. The van der Waals surface area contributed by atoms with Crippen LogP contribution in [0.5, 0.6) is 0 Å². The summed E-state index contributed by atoms with van der Waals surface area (Å²) in [5.74, 6) is 0. The lowest BCUT2D eigenvalue weighted by Gasteiger charge is -1.92. The summed E-state index contributed by atoms with van der Waals surface area (Å²) in [4.78, 5) is 0. The monoisotopic (exact) mass is 120 g/mol. The number of nitrogens with one attached hydrogen (secondary N) is 2. The largest absolute Gasteiger partial charge is 0.388 e. The molecule has 0 spiro atoms. The van der Waals surface area contributed by atoms with Gasteiger partial charge in [-0.05, 0) is 18.2 Å². The fraction of sp³-hybridized carbons (Fsp3) is 0.143. The first kappa shape index (κ1) is 4.68. The molecule has 2 nitrogen and oxygen atoms in total. The second-order valence-electron chi connectivity index (χ2n) is 2.14. The zero-order chi connectivity index (χ0) is 6.27. The predicted octanol–water partition coefficient (Wildman–Crippen LogP) is 1.79. The van der Waals surface area contributed by atoms with Crippen molar-refractivity contribution in [3.63, 3.8) is 0 Å². The van der Waals surface area contributed by atoms with Crippen molar-refractivity contribution >= 4 is 17.1 Å². The van der Waals surface area contributed by atoms with Gasteiger partial charge in [-0.1, -0.05) is 0 Å². The van der Waals surface area contributed by atoms with Crippen LogP contribution in [-0.2, 0) is 0 Å². The van der Waals surface area contributed by atoms with Crippen LogP contribution >= 0.6 is 0 Å². The molecule has 0 aromatic heterocycles. The van der Waals surface area contributed by atoms with E-state index in [1.807, 2.05) is 7.05 Å². The molecule has 1 aliphatic heterocycles. The minimum absolute atomic E-state index is 1.17. The van der Waals surface area contributed by atoms with Gasteiger partial charge in [0.25, 0.3) is 0 Å². The highest BCUT2D eigenvalue weighted by Crippen LogP contribution is 2.39. The van der Waals surface area contributed by atoms with Gasteiger partial charge in [0, 0.05) is 12.7 Å². The molecule has 0 saturated heterocycles. The quantitative estimate of drug-likeness (QED) is 0.562. The normalized spacial score (nSPS) is 11.7. The van der Waals surface area contributed by atoms with Crippen molar-refractivity contribution in [2.75, 3.05) is 17.7 Å². The highest BCUT2D eigenvalue weighted by molar-refractivity contribution is 5.92. The summed E-state index contributed by atoms with van der Waals surface area (Å²) < 4.78 is 0. The highest BCUT2D eigenvalue weighted by atomic mass is 15.0. The third kappa shape index (κ3) is 0.633. The molecule has 1 aromatic carbocycles. The molecule has 0 amide bonds. The Morgan fingerprint density at radius 2 is 2.22 bits per heavy atom. The Morgan fingerprint density at radius 1 is 1.33 bits per heavy atom. The van der Waals surface area contributed by atoms with Crippen molar-refractivity contribution < 1.29 is 0 Å². The smallest absolute Gasteiger partial charge is 0.0644 e. The lowest BCUT2D eigenvalue weighted by molar-refractivity contribution is 1.54. The maximum Gasteiger partial charge on any atom is 0.0644 e. The summed E-state index contributed by atoms with van der Waals surface area (Å²) in [5, 5.41) is 6.19. The topological polar surface area (TPSA) is 34.0 Å². The van der Waals surface area contributed by atoms with Gasteiger partial charge in [-0.15, -0.1) is 0 Å². The van der Waals surface area contributed by atoms with Crippen molar-refractivity contribution in [3.05, 3.63) is 18.2 Å². The highest BCUT2D eigenvalue weighted by Gasteiger charge is 2.13. The van der Waals surface area contributed by atoms with Crippen molar-refractivity contribution in [1.29, 1.82) is 0 Å². The van der Waals surface area contributed by atoms with Gasteiger partial charge in [0.15, 0.2) is 0 Å².